The number of hydrogen-bond donors (Lipinski definition) is 1. The zero-order chi connectivity index (χ0) is 23.0. The quantitative estimate of drug-likeness (QED) is 0.406. The summed E-state index contributed by atoms with van der Waals surface area (Å²) in [5.41, 5.74) is 4.04. The standard InChI is InChI=1S/C25H24ClN3O3/c1-15-21(23(24(30)31)32-25(2,3)4)22(17-10-12-18(26)13-11-17)29-20(27-15)14-19(28-29)16-8-6-5-7-9-16/h5-14,23H,1-4H3,(H,30,31). The number of benzene rings is 2. The summed E-state index contributed by atoms with van der Waals surface area (Å²) in [6.07, 6.45) is -1.22. The molecule has 2 aromatic heterocycles. The molecule has 2 heterocycles. The van der Waals surface area contributed by atoms with Crippen LogP contribution in [0.25, 0.3) is 28.2 Å². The van der Waals surface area contributed by atoms with E-state index in [0.717, 1.165) is 16.8 Å². The molecule has 7 heteroatoms. The highest BCUT2D eigenvalue weighted by atomic mass is 35.5. The number of hydrogen-bond acceptors (Lipinski definition) is 4. The normalized spacial score (nSPS) is 12.8. The Balaban J connectivity index is 2.04. The summed E-state index contributed by atoms with van der Waals surface area (Å²) in [6, 6.07) is 18.9. The predicted molar refractivity (Wildman–Crippen MR) is 125 cm³/mol. The van der Waals surface area contributed by atoms with Gasteiger partial charge in [-0.15, -0.1) is 0 Å². The first-order valence-electron chi connectivity index (χ1n) is 10.3. The Kier molecular flexibility index (Phi) is 5.75. The van der Waals surface area contributed by atoms with Crippen molar-refractivity contribution in [1.82, 2.24) is 14.6 Å². The number of aryl methyl sites for hydroxylation is 1. The van der Waals surface area contributed by atoms with E-state index in [1.54, 1.807) is 23.6 Å². The summed E-state index contributed by atoms with van der Waals surface area (Å²) in [6.45, 7) is 7.28. The van der Waals surface area contributed by atoms with E-state index < -0.39 is 17.7 Å². The second-order valence-electron chi connectivity index (χ2n) is 8.58. The molecular formula is C25H24ClN3O3. The topological polar surface area (TPSA) is 76.7 Å². The summed E-state index contributed by atoms with van der Waals surface area (Å²) < 4.78 is 7.68. The lowest BCUT2D eigenvalue weighted by molar-refractivity contribution is -0.160. The highest BCUT2D eigenvalue weighted by Gasteiger charge is 2.33. The number of aromatic nitrogens is 3. The highest BCUT2D eigenvalue weighted by molar-refractivity contribution is 6.30. The number of carboxylic acids is 1. The Hall–Kier alpha value is -3.22. The van der Waals surface area contributed by atoms with Gasteiger partial charge in [-0.2, -0.15) is 5.10 Å². The minimum absolute atomic E-state index is 0.463. The van der Waals surface area contributed by atoms with Gasteiger partial charge in [0.15, 0.2) is 11.8 Å². The SMILES string of the molecule is Cc1nc2cc(-c3ccccc3)nn2c(-c2ccc(Cl)cc2)c1C(OC(C)(C)C)C(=O)O. The van der Waals surface area contributed by atoms with E-state index in [2.05, 4.69) is 4.98 Å². The van der Waals surface area contributed by atoms with Crippen molar-refractivity contribution in [3.8, 4) is 22.5 Å². The maximum atomic E-state index is 12.3. The van der Waals surface area contributed by atoms with Crippen LogP contribution in [0.3, 0.4) is 0 Å². The first-order valence-corrected chi connectivity index (χ1v) is 10.6. The third-order valence-electron chi connectivity index (χ3n) is 4.97. The summed E-state index contributed by atoms with van der Waals surface area (Å²) >= 11 is 6.12. The second kappa shape index (κ2) is 8.37. The van der Waals surface area contributed by atoms with E-state index in [4.69, 9.17) is 21.4 Å². The molecule has 1 unspecified atom stereocenters. The number of aliphatic carboxylic acids is 1. The van der Waals surface area contributed by atoms with Gasteiger partial charge in [0, 0.05) is 33.5 Å². The van der Waals surface area contributed by atoms with Crippen molar-refractivity contribution in [2.45, 2.75) is 39.4 Å². The molecule has 2 aromatic carbocycles. The monoisotopic (exact) mass is 449 g/mol. The molecule has 0 spiro atoms. The minimum Gasteiger partial charge on any atom is -0.479 e. The summed E-state index contributed by atoms with van der Waals surface area (Å²) in [5, 5.41) is 15.5. The molecule has 4 aromatic rings. The summed E-state index contributed by atoms with van der Waals surface area (Å²) in [4.78, 5) is 17.0. The van der Waals surface area contributed by atoms with Crippen molar-refractivity contribution in [1.29, 1.82) is 0 Å². The van der Waals surface area contributed by atoms with Crippen LogP contribution in [0.4, 0.5) is 0 Å². The summed E-state index contributed by atoms with van der Waals surface area (Å²) in [7, 11) is 0. The van der Waals surface area contributed by atoms with Gasteiger partial charge < -0.3 is 9.84 Å². The molecule has 6 nitrogen and oxygen atoms in total. The van der Waals surface area contributed by atoms with Crippen molar-refractivity contribution in [3.05, 3.63) is 76.9 Å². The van der Waals surface area contributed by atoms with Gasteiger partial charge in [0.05, 0.1) is 17.0 Å². The van der Waals surface area contributed by atoms with Gasteiger partial charge >= 0.3 is 5.97 Å². The molecule has 0 aliphatic rings. The van der Waals surface area contributed by atoms with Gasteiger partial charge in [0.1, 0.15) is 0 Å². The largest absolute Gasteiger partial charge is 0.479 e. The minimum atomic E-state index is -1.22. The average Bonchev–Trinajstić information content (AvgIpc) is 3.15. The molecule has 32 heavy (non-hydrogen) atoms. The van der Waals surface area contributed by atoms with E-state index in [0.29, 0.717) is 27.6 Å². The van der Waals surface area contributed by atoms with E-state index in [-0.39, 0.29) is 0 Å². The van der Waals surface area contributed by atoms with Crippen LogP contribution in [0.1, 0.15) is 38.1 Å². The molecule has 0 aliphatic carbocycles. The van der Waals surface area contributed by atoms with Gasteiger partial charge in [-0.3, -0.25) is 0 Å². The lowest BCUT2D eigenvalue weighted by Gasteiger charge is -2.27. The third kappa shape index (κ3) is 4.38. The molecule has 4 rings (SSSR count). The molecular weight excluding hydrogens is 426 g/mol. The Morgan fingerprint density at radius 2 is 1.72 bits per heavy atom. The van der Waals surface area contributed by atoms with Crippen LogP contribution in [0.2, 0.25) is 5.02 Å². The Morgan fingerprint density at radius 3 is 2.31 bits per heavy atom. The van der Waals surface area contributed by atoms with E-state index in [9.17, 15) is 9.90 Å². The molecule has 0 saturated carbocycles. The van der Waals surface area contributed by atoms with Gasteiger partial charge in [-0.25, -0.2) is 14.3 Å². The van der Waals surface area contributed by atoms with Crippen LogP contribution in [0.5, 0.6) is 0 Å². The molecule has 164 valence electrons. The molecule has 0 saturated heterocycles. The maximum Gasteiger partial charge on any atom is 0.337 e. The van der Waals surface area contributed by atoms with Gasteiger partial charge in [-0.05, 0) is 39.8 Å². The van der Waals surface area contributed by atoms with E-state index in [1.807, 2.05) is 69.3 Å². The Labute approximate surface area is 191 Å². The fraction of sp³-hybridized carbons (Fsp3) is 0.240. The van der Waals surface area contributed by atoms with Crippen LogP contribution >= 0.6 is 11.6 Å². The molecule has 0 fully saturated rings. The van der Waals surface area contributed by atoms with Crippen molar-refractivity contribution >= 4 is 23.2 Å². The van der Waals surface area contributed by atoms with E-state index in [1.165, 1.54) is 0 Å². The fourth-order valence-electron chi connectivity index (χ4n) is 3.67. The van der Waals surface area contributed by atoms with Gasteiger partial charge in [0.25, 0.3) is 0 Å². The van der Waals surface area contributed by atoms with Crippen molar-refractivity contribution in [2.75, 3.05) is 0 Å². The summed E-state index contributed by atoms with van der Waals surface area (Å²) in [5.74, 6) is -1.09. The zero-order valence-electron chi connectivity index (χ0n) is 18.3. The predicted octanol–water partition coefficient (Wildman–Crippen LogP) is 5.97. The number of carboxylic acid groups (broad SMARTS) is 1. The number of nitrogens with zero attached hydrogens (tertiary/aromatic N) is 3. The number of ether oxygens (including phenoxy) is 1. The first-order chi connectivity index (χ1) is 15.1. The first kappa shape index (κ1) is 22.0. The highest BCUT2D eigenvalue weighted by Crippen LogP contribution is 2.36. The zero-order valence-corrected chi connectivity index (χ0v) is 19.1. The van der Waals surface area contributed by atoms with Crippen molar-refractivity contribution in [3.63, 3.8) is 0 Å². The van der Waals surface area contributed by atoms with Crippen LogP contribution in [0.15, 0.2) is 60.7 Å². The second-order valence-corrected chi connectivity index (χ2v) is 9.02. The molecule has 0 aliphatic heterocycles. The van der Waals surface area contributed by atoms with Crippen molar-refractivity contribution in [2.24, 2.45) is 0 Å². The molecule has 1 atom stereocenters. The molecule has 1 N–H and O–H groups in total. The fourth-order valence-corrected chi connectivity index (χ4v) is 3.79. The number of fused-ring (bicyclic) bond motifs is 1. The number of carbonyl (C=O) groups is 1. The lowest BCUT2D eigenvalue weighted by atomic mass is 9.99. The van der Waals surface area contributed by atoms with Crippen LogP contribution in [0, 0.1) is 6.92 Å². The molecule has 0 bridgehead atoms. The van der Waals surface area contributed by atoms with E-state index >= 15 is 0 Å². The Morgan fingerprint density at radius 1 is 1.06 bits per heavy atom. The van der Waals surface area contributed by atoms with Crippen LogP contribution < -0.4 is 0 Å². The van der Waals surface area contributed by atoms with Crippen molar-refractivity contribution < 1.29 is 14.6 Å². The lowest BCUT2D eigenvalue weighted by Crippen LogP contribution is -2.29. The smallest absolute Gasteiger partial charge is 0.337 e. The number of halogens is 1. The van der Waals surface area contributed by atoms with Crippen LogP contribution in [-0.2, 0) is 9.53 Å². The molecule has 0 amide bonds. The third-order valence-corrected chi connectivity index (χ3v) is 5.23. The van der Waals surface area contributed by atoms with Gasteiger partial charge in [-0.1, -0.05) is 54.1 Å². The number of rotatable bonds is 5. The van der Waals surface area contributed by atoms with Crippen LogP contribution in [-0.4, -0.2) is 31.3 Å². The van der Waals surface area contributed by atoms with Gasteiger partial charge in [0.2, 0.25) is 0 Å². The Bertz CT molecular complexity index is 1280. The molecule has 0 radical (unpaired) electrons. The average molecular weight is 450 g/mol. The maximum absolute atomic E-state index is 12.3.